The van der Waals surface area contributed by atoms with Crippen LogP contribution in [-0.2, 0) is 19.6 Å². The van der Waals surface area contributed by atoms with Crippen molar-refractivity contribution in [3.63, 3.8) is 0 Å². The maximum Gasteiger partial charge on any atom is 0.243 e. The highest BCUT2D eigenvalue weighted by atomic mass is 127. The Morgan fingerprint density at radius 2 is 1.93 bits per heavy atom. The van der Waals surface area contributed by atoms with Gasteiger partial charge in [-0.05, 0) is 19.8 Å². The summed E-state index contributed by atoms with van der Waals surface area (Å²) in [5.74, 6) is 0.513. The molecule has 27 heavy (non-hydrogen) atoms. The minimum Gasteiger partial charge on any atom is -0.379 e. The average Bonchev–Trinajstić information content (AvgIpc) is 2.65. The van der Waals surface area contributed by atoms with Gasteiger partial charge in [-0.3, -0.25) is 4.79 Å². The van der Waals surface area contributed by atoms with E-state index in [1.807, 2.05) is 11.8 Å². The van der Waals surface area contributed by atoms with Gasteiger partial charge in [-0.2, -0.15) is 4.31 Å². The number of carbonyl (C=O) groups is 1. The van der Waals surface area contributed by atoms with Crippen LogP contribution in [0.3, 0.4) is 0 Å². The van der Waals surface area contributed by atoms with Gasteiger partial charge in [0, 0.05) is 46.8 Å². The summed E-state index contributed by atoms with van der Waals surface area (Å²) in [5, 5.41) is 2.72. The zero-order valence-corrected chi connectivity index (χ0v) is 19.5. The number of nitrogens with one attached hydrogen (secondary N) is 1. The third-order valence-electron chi connectivity index (χ3n) is 4.63. The molecular weight excluding hydrogens is 485 g/mol. The van der Waals surface area contributed by atoms with Gasteiger partial charge in [0.2, 0.25) is 15.9 Å². The molecule has 2 rings (SSSR count). The molecule has 0 radical (unpaired) electrons. The lowest BCUT2D eigenvalue weighted by molar-refractivity contribution is -0.127. The monoisotopic (exact) mass is 517 g/mol. The lowest BCUT2D eigenvalue weighted by atomic mass is 10.1. The lowest BCUT2D eigenvalue weighted by Gasteiger charge is -2.37. The smallest absolute Gasteiger partial charge is 0.243 e. The first-order chi connectivity index (χ1) is 12.4. The number of piperidine rings is 1. The molecule has 2 fully saturated rings. The van der Waals surface area contributed by atoms with E-state index in [0.717, 1.165) is 13.0 Å². The summed E-state index contributed by atoms with van der Waals surface area (Å²) in [6.07, 6.45) is 1.42. The molecule has 0 spiro atoms. The normalized spacial score (nSPS) is 22.1. The Hall–Kier alpha value is -0.660. The van der Waals surface area contributed by atoms with Crippen molar-refractivity contribution in [2.75, 3.05) is 66.6 Å². The molecule has 1 N–H and O–H groups in total. The number of amides is 1. The van der Waals surface area contributed by atoms with Crippen molar-refractivity contribution in [3.8, 4) is 0 Å². The molecule has 0 aromatic heterocycles. The molecule has 0 aliphatic carbocycles. The van der Waals surface area contributed by atoms with E-state index in [9.17, 15) is 13.2 Å². The van der Waals surface area contributed by atoms with Crippen LogP contribution in [0.15, 0.2) is 4.99 Å². The summed E-state index contributed by atoms with van der Waals surface area (Å²) in [5.41, 5.74) is 0. The van der Waals surface area contributed by atoms with Crippen molar-refractivity contribution in [1.82, 2.24) is 19.4 Å². The summed E-state index contributed by atoms with van der Waals surface area (Å²) in [6.45, 7) is 5.53. The Balaban J connectivity index is 0.00000364. The Bertz CT molecular complexity index is 608. The van der Waals surface area contributed by atoms with Gasteiger partial charge in [-0.15, -0.1) is 24.0 Å². The van der Waals surface area contributed by atoms with Crippen LogP contribution >= 0.6 is 24.0 Å². The van der Waals surface area contributed by atoms with Gasteiger partial charge in [-0.1, -0.05) is 0 Å². The quantitative estimate of drug-likeness (QED) is 0.308. The number of rotatable bonds is 5. The third kappa shape index (κ3) is 6.71. The van der Waals surface area contributed by atoms with Gasteiger partial charge in [0.05, 0.1) is 18.5 Å². The number of nitrogens with zero attached hydrogens (tertiary/aromatic N) is 4. The minimum atomic E-state index is -3.36. The number of ether oxygens (including phenoxy) is 1. The summed E-state index contributed by atoms with van der Waals surface area (Å²) >= 11 is 0. The van der Waals surface area contributed by atoms with Crippen molar-refractivity contribution in [3.05, 3.63) is 0 Å². The van der Waals surface area contributed by atoms with E-state index in [4.69, 9.17) is 4.74 Å². The topological polar surface area (TPSA) is 94.6 Å². The fourth-order valence-corrected chi connectivity index (χ4v) is 5.01. The molecule has 9 nitrogen and oxygen atoms in total. The zero-order chi connectivity index (χ0) is 19.2. The molecular formula is C16H32IN5O4S. The Morgan fingerprint density at radius 1 is 1.26 bits per heavy atom. The molecule has 2 aliphatic rings. The maximum absolute atomic E-state index is 12.9. The molecule has 0 saturated carbocycles. The van der Waals surface area contributed by atoms with Crippen LogP contribution in [0.2, 0.25) is 0 Å². The van der Waals surface area contributed by atoms with Crippen molar-refractivity contribution >= 4 is 45.9 Å². The van der Waals surface area contributed by atoms with E-state index in [0.29, 0.717) is 51.8 Å². The van der Waals surface area contributed by atoms with Crippen molar-refractivity contribution in [2.45, 2.75) is 25.0 Å². The molecule has 158 valence electrons. The number of morpholine rings is 1. The van der Waals surface area contributed by atoms with E-state index in [1.165, 1.54) is 4.90 Å². The van der Waals surface area contributed by atoms with E-state index in [1.54, 1.807) is 18.4 Å². The van der Waals surface area contributed by atoms with Crippen LogP contribution in [-0.4, -0.2) is 106 Å². The van der Waals surface area contributed by atoms with Gasteiger partial charge in [0.25, 0.3) is 0 Å². The predicted octanol–water partition coefficient (Wildman–Crippen LogP) is -0.215. The minimum absolute atomic E-state index is 0. The number of likely N-dealkylation sites (tertiary alicyclic amines) is 1. The molecule has 1 unspecified atom stereocenters. The van der Waals surface area contributed by atoms with Gasteiger partial charge in [0.15, 0.2) is 5.96 Å². The van der Waals surface area contributed by atoms with Gasteiger partial charge < -0.3 is 19.9 Å². The Morgan fingerprint density at radius 3 is 2.52 bits per heavy atom. The van der Waals surface area contributed by atoms with Crippen molar-refractivity contribution in [1.29, 1.82) is 0 Å². The lowest BCUT2D eigenvalue weighted by Crippen LogP contribution is -2.54. The summed E-state index contributed by atoms with van der Waals surface area (Å²) < 4.78 is 32.7. The van der Waals surface area contributed by atoms with Gasteiger partial charge in [0.1, 0.15) is 6.54 Å². The first kappa shape index (κ1) is 24.4. The first-order valence-corrected chi connectivity index (χ1v) is 10.7. The standard InChI is InChI=1S/C16H31N5O4S.HI/c1-4-17-16(18-12-15(22)19(2)3)20-7-5-6-14(13-20)26(23,24)21-8-10-25-11-9-21;/h14H,4-13H2,1-3H3,(H,17,18);1H. The molecule has 1 atom stereocenters. The highest BCUT2D eigenvalue weighted by Gasteiger charge is 2.36. The SMILES string of the molecule is CCNC(=NCC(=O)N(C)C)N1CCCC(S(=O)(=O)N2CCOCC2)C1.I. The van der Waals surface area contributed by atoms with Crippen LogP contribution in [0.5, 0.6) is 0 Å². The second-order valence-electron chi connectivity index (χ2n) is 6.72. The number of likely N-dealkylation sites (N-methyl/N-ethyl adjacent to an activating group) is 1. The molecule has 2 heterocycles. The first-order valence-electron chi connectivity index (χ1n) is 9.16. The summed E-state index contributed by atoms with van der Waals surface area (Å²) in [4.78, 5) is 19.7. The number of hydrogen-bond acceptors (Lipinski definition) is 5. The Labute approximate surface area is 179 Å². The predicted molar refractivity (Wildman–Crippen MR) is 116 cm³/mol. The highest BCUT2D eigenvalue weighted by molar-refractivity contribution is 14.0. The fourth-order valence-electron chi connectivity index (χ4n) is 3.10. The summed E-state index contributed by atoms with van der Waals surface area (Å²) in [6, 6.07) is 0. The third-order valence-corrected chi connectivity index (χ3v) is 6.94. The van der Waals surface area contributed by atoms with E-state index in [2.05, 4.69) is 10.3 Å². The molecule has 0 aromatic rings. The summed E-state index contributed by atoms with van der Waals surface area (Å²) in [7, 11) is 0.0247. The number of guanidine groups is 1. The number of sulfonamides is 1. The average molecular weight is 517 g/mol. The number of aliphatic imine (C=N–C) groups is 1. The van der Waals surface area contributed by atoms with E-state index in [-0.39, 0.29) is 36.4 Å². The second kappa shape index (κ2) is 11.4. The zero-order valence-electron chi connectivity index (χ0n) is 16.4. The van der Waals surface area contributed by atoms with Crippen LogP contribution in [0.1, 0.15) is 19.8 Å². The van der Waals surface area contributed by atoms with Crippen LogP contribution in [0, 0.1) is 0 Å². The highest BCUT2D eigenvalue weighted by Crippen LogP contribution is 2.21. The molecule has 0 bridgehead atoms. The largest absolute Gasteiger partial charge is 0.379 e. The van der Waals surface area contributed by atoms with Crippen LogP contribution in [0.4, 0.5) is 0 Å². The molecule has 2 saturated heterocycles. The van der Waals surface area contributed by atoms with E-state index < -0.39 is 15.3 Å². The molecule has 0 aromatic carbocycles. The van der Waals surface area contributed by atoms with Gasteiger partial charge >= 0.3 is 0 Å². The van der Waals surface area contributed by atoms with Gasteiger partial charge in [-0.25, -0.2) is 13.4 Å². The Kier molecular flexibility index (Phi) is 10.3. The second-order valence-corrected chi connectivity index (χ2v) is 8.94. The number of halogens is 1. The molecule has 11 heteroatoms. The van der Waals surface area contributed by atoms with Crippen molar-refractivity contribution < 1.29 is 17.9 Å². The van der Waals surface area contributed by atoms with Crippen LogP contribution < -0.4 is 5.32 Å². The number of carbonyl (C=O) groups excluding carboxylic acids is 1. The number of hydrogen-bond donors (Lipinski definition) is 1. The van der Waals surface area contributed by atoms with Crippen molar-refractivity contribution in [2.24, 2.45) is 4.99 Å². The van der Waals surface area contributed by atoms with E-state index >= 15 is 0 Å². The van der Waals surface area contributed by atoms with Crippen LogP contribution in [0.25, 0.3) is 0 Å². The fraction of sp³-hybridized carbons (Fsp3) is 0.875. The maximum atomic E-state index is 12.9. The molecule has 1 amide bonds. The molecule has 2 aliphatic heterocycles.